The summed E-state index contributed by atoms with van der Waals surface area (Å²) in [7, 11) is 0. The van der Waals surface area contributed by atoms with Crippen LogP contribution < -0.4 is 10.6 Å². The molecule has 3 saturated carbocycles. The standard InChI is InChI=1S/C24H29F3N4O/c1-13-17-9-15(23(17,2)3)10-18(13)30-22(32)16-12-28-31-20(24(25,26)27)11-19(29-21(16)31)14-7-5-4-6-8-14/h4-8,12-13,15,17-20,29H,9-11H2,1-3H3,(H,30,32)/t13-,15+,17-,18?,19?,20?/m0/s1. The normalized spacial score (nSPS) is 32.9. The number of carbonyl (C=O) groups excluding carboxylic acids is 1. The van der Waals surface area contributed by atoms with Crippen molar-refractivity contribution < 1.29 is 18.0 Å². The van der Waals surface area contributed by atoms with Gasteiger partial charge in [0.05, 0.1) is 12.2 Å². The Bertz CT molecular complexity index is 1020. The minimum atomic E-state index is -4.46. The van der Waals surface area contributed by atoms with Gasteiger partial charge in [0.25, 0.3) is 5.91 Å². The van der Waals surface area contributed by atoms with Crippen molar-refractivity contribution in [3.05, 3.63) is 47.7 Å². The molecule has 3 aliphatic carbocycles. The van der Waals surface area contributed by atoms with Crippen molar-refractivity contribution in [2.24, 2.45) is 23.2 Å². The van der Waals surface area contributed by atoms with Crippen molar-refractivity contribution >= 4 is 11.7 Å². The molecule has 2 bridgehead atoms. The Morgan fingerprint density at radius 1 is 1.19 bits per heavy atom. The predicted octanol–water partition coefficient (Wildman–Crippen LogP) is 5.34. The lowest BCUT2D eigenvalue weighted by atomic mass is 9.45. The highest BCUT2D eigenvalue weighted by Gasteiger charge is 2.56. The van der Waals surface area contributed by atoms with Crippen LogP contribution in [0.5, 0.6) is 0 Å². The van der Waals surface area contributed by atoms with E-state index in [0.717, 1.165) is 16.7 Å². The summed E-state index contributed by atoms with van der Waals surface area (Å²) in [5, 5.41) is 10.3. The van der Waals surface area contributed by atoms with E-state index in [9.17, 15) is 18.0 Å². The number of nitrogens with zero attached hydrogens (tertiary/aromatic N) is 2. The maximum absolute atomic E-state index is 13.9. The maximum Gasteiger partial charge on any atom is 0.410 e. The molecule has 172 valence electrons. The Morgan fingerprint density at radius 3 is 2.53 bits per heavy atom. The molecule has 1 aromatic carbocycles. The summed E-state index contributed by atoms with van der Waals surface area (Å²) in [4.78, 5) is 13.2. The van der Waals surface area contributed by atoms with Crippen molar-refractivity contribution in [1.29, 1.82) is 0 Å². The smallest absolute Gasteiger partial charge is 0.363 e. The quantitative estimate of drug-likeness (QED) is 0.669. The van der Waals surface area contributed by atoms with Gasteiger partial charge in [-0.05, 0) is 41.6 Å². The molecular weight excluding hydrogens is 417 g/mol. The predicted molar refractivity (Wildman–Crippen MR) is 115 cm³/mol. The zero-order valence-electron chi connectivity index (χ0n) is 18.5. The molecule has 32 heavy (non-hydrogen) atoms. The number of aromatic nitrogens is 2. The summed E-state index contributed by atoms with van der Waals surface area (Å²) in [6, 6.07) is 6.72. The van der Waals surface area contributed by atoms with Gasteiger partial charge in [0.1, 0.15) is 11.4 Å². The molecule has 2 aromatic rings. The van der Waals surface area contributed by atoms with E-state index in [2.05, 4.69) is 36.5 Å². The number of hydrogen-bond acceptors (Lipinski definition) is 3. The maximum atomic E-state index is 13.9. The van der Waals surface area contributed by atoms with Gasteiger partial charge in [0, 0.05) is 12.5 Å². The highest BCUT2D eigenvalue weighted by molar-refractivity contribution is 5.99. The summed E-state index contributed by atoms with van der Waals surface area (Å²) in [6.45, 7) is 6.75. The second-order valence-electron chi connectivity index (χ2n) is 10.3. The fourth-order valence-electron chi connectivity index (χ4n) is 6.22. The minimum absolute atomic E-state index is 0.0294. The van der Waals surface area contributed by atoms with Gasteiger partial charge in [-0.3, -0.25) is 4.79 Å². The molecule has 0 spiro atoms. The third-order valence-electron chi connectivity index (χ3n) is 8.36. The molecule has 1 aliphatic heterocycles. The van der Waals surface area contributed by atoms with E-state index in [1.165, 1.54) is 12.6 Å². The van der Waals surface area contributed by atoms with Gasteiger partial charge in [-0.15, -0.1) is 0 Å². The third kappa shape index (κ3) is 3.30. The summed E-state index contributed by atoms with van der Waals surface area (Å²) in [5.41, 5.74) is 1.22. The van der Waals surface area contributed by atoms with Crippen molar-refractivity contribution in [3.8, 4) is 0 Å². The summed E-state index contributed by atoms with van der Waals surface area (Å²) < 4.78 is 42.6. The van der Waals surface area contributed by atoms with Crippen LogP contribution in [0.25, 0.3) is 0 Å². The number of amides is 1. The van der Waals surface area contributed by atoms with E-state index in [0.29, 0.717) is 23.2 Å². The Kier molecular flexibility index (Phi) is 4.84. The number of nitrogens with one attached hydrogen (secondary N) is 2. The van der Waals surface area contributed by atoms with Crippen LogP contribution in [0.3, 0.4) is 0 Å². The molecule has 1 amide bonds. The van der Waals surface area contributed by atoms with Gasteiger partial charge in [-0.1, -0.05) is 51.1 Å². The Labute approximate surface area is 185 Å². The van der Waals surface area contributed by atoms with E-state index >= 15 is 0 Å². The Morgan fingerprint density at radius 2 is 1.91 bits per heavy atom. The van der Waals surface area contributed by atoms with Gasteiger partial charge in [-0.25, -0.2) is 4.68 Å². The lowest BCUT2D eigenvalue weighted by molar-refractivity contribution is -0.173. The van der Waals surface area contributed by atoms with Crippen molar-refractivity contribution in [2.45, 2.75) is 64.3 Å². The first-order valence-corrected chi connectivity index (χ1v) is 11.3. The van der Waals surface area contributed by atoms with Gasteiger partial charge in [-0.2, -0.15) is 18.3 Å². The van der Waals surface area contributed by atoms with Crippen LogP contribution in [0, 0.1) is 23.2 Å². The third-order valence-corrected chi connectivity index (χ3v) is 8.36. The molecule has 2 N–H and O–H groups in total. The van der Waals surface area contributed by atoms with E-state index < -0.39 is 18.3 Å². The van der Waals surface area contributed by atoms with Crippen LogP contribution in [0.4, 0.5) is 19.0 Å². The van der Waals surface area contributed by atoms with Gasteiger partial charge in [0.15, 0.2) is 6.04 Å². The fraction of sp³-hybridized carbons (Fsp3) is 0.583. The fourth-order valence-corrected chi connectivity index (χ4v) is 6.22. The highest BCUT2D eigenvalue weighted by Crippen LogP contribution is 2.61. The number of rotatable bonds is 3. The van der Waals surface area contributed by atoms with Crippen LogP contribution >= 0.6 is 0 Å². The van der Waals surface area contributed by atoms with Crippen LogP contribution in [-0.4, -0.2) is 27.9 Å². The van der Waals surface area contributed by atoms with Crippen LogP contribution in [0.2, 0.25) is 0 Å². The Balaban J connectivity index is 1.41. The van der Waals surface area contributed by atoms with Crippen LogP contribution in [0.1, 0.15) is 68.0 Å². The topological polar surface area (TPSA) is 59.0 Å². The summed E-state index contributed by atoms with van der Waals surface area (Å²) >= 11 is 0. The average Bonchev–Trinajstić information content (AvgIpc) is 3.18. The zero-order chi connectivity index (χ0) is 22.8. The SMILES string of the molecule is C[C@@H]1C(NC(=O)c2cnn3c2NC(c2ccccc2)CC3C(F)(F)F)C[C@H]2C[C@@H]1C2(C)C. The van der Waals surface area contributed by atoms with Crippen molar-refractivity contribution in [3.63, 3.8) is 0 Å². The number of halogens is 3. The summed E-state index contributed by atoms with van der Waals surface area (Å²) in [6.07, 6.45) is -1.28. The van der Waals surface area contributed by atoms with Crippen molar-refractivity contribution in [2.75, 3.05) is 5.32 Å². The van der Waals surface area contributed by atoms with E-state index in [4.69, 9.17) is 0 Å². The van der Waals surface area contributed by atoms with E-state index in [-0.39, 0.29) is 29.8 Å². The molecule has 0 radical (unpaired) electrons. The molecule has 5 nitrogen and oxygen atoms in total. The first-order valence-electron chi connectivity index (χ1n) is 11.3. The molecule has 3 fully saturated rings. The number of anilines is 1. The molecule has 6 atom stereocenters. The molecule has 3 unspecified atom stereocenters. The van der Waals surface area contributed by atoms with Gasteiger partial charge in [0.2, 0.25) is 0 Å². The Hall–Kier alpha value is -2.51. The average molecular weight is 447 g/mol. The second kappa shape index (κ2) is 7.25. The largest absolute Gasteiger partial charge is 0.410 e. The number of benzene rings is 1. The number of hydrogen-bond donors (Lipinski definition) is 2. The first kappa shape index (κ1) is 21.3. The monoisotopic (exact) mass is 446 g/mol. The molecular formula is C24H29F3N4O. The van der Waals surface area contributed by atoms with E-state index in [1.54, 1.807) is 24.3 Å². The first-order chi connectivity index (χ1) is 15.1. The van der Waals surface area contributed by atoms with Crippen LogP contribution in [-0.2, 0) is 0 Å². The van der Waals surface area contributed by atoms with Gasteiger partial charge >= 0.3 is 6.18 Å². The van der Waals surface area contributed by atoms with Crippen LogP contribution in [0.15, 0.2) is 36.5 Å². The number of carbonyl (C=O) groups is 1. The molecule has 8 heteroatoms. The zero-order valence-corrected chi connectivity index (χ0v) is 18.5. The highest BCUT2D eigenvalue weighted by atomic mass is 19.4. The van der Waals surface area contributed by atoms with Crippen molar-refractivity contribution in [1.82, 2.24) is 15.1 Å². The minimum Gasteiger partial charge on any atom is -0.363 e. The molecule has 4 aliphatic rings. The number of fused-ring (bicyclic) bond motifs is 3. The van der Waals surface area contributed by atoms with Gasteiger partial charge < -0.3 is 10.6 Å². The number of alkyl halides is 3. The molecule has 2 heterocycles. The molecule has 1 aromatic heterocycles. The lowest BCUT2D eigenvalue weighted by Crippen LogP contribution is -2.60. The summed E-state index contributed by atoms with van der Waals surface area (Å²) in [5.74, 6) is 1.25. The second-order valence-corrected chi connectivity index (χ2v) is 10.3. The van der Waals surface area contributed by atoms with E-state index in [1.807, 2.05) is 6.07 Å². The molecule has 6 rings (SSSR count). The molecule has 0 saturated heterocycles. The lowest BCUT2D eigenvalue weighted by Gasteiger charge is -2.62.